The van der Waals surface area contributed by atoms with Crippen molar-refractivity contribution < 1.29 is 14.3 Å². The third kappa shape index (κ3) is 9.30. The first kappa shape index (κ1) is 12.4. The minimum Gasteiger partial charge on any atom is -0.469 e. The Morgan fingerprint density at radius 2 is 2.08 bits per heavy atom. The molecular weight excluding hydrogens is 170 g/mol. The highest BCUT2D eigenvalue weighted by Crippen LogP contribution is 1.81. The van der Waals surface area contributed by atoms with Gasteiger partial charge >= 0.3 is 5.97 Å². The lowest BCUT2D eigenvalue weighted by Crippen LogP contribution is -2.23. The van der Waals surface area contributed by atoms with E-state index in [1.54, 1.807) is 0 Å². The van der Waals surface area contributed by atoms with E-state index in [0.717, 1.165) is 19.6 Å². The first-order valence-corrected chi connectivity index (χ1v) is 4.66. The molecule has 0 aliphatic rings. The van der Waals surface area contributed by atoms with Crippen LogP contribution in [0.5, 0.6) is 0 Å². The number of hydrogen-bond acceptors (Lipinski definition) is 4. The Bertz CT molecular complexity index is 128. The van der Waals surface area contributed by atoms with E-state index in [1.807, 2.05) is 0 Å². The Labute approximate surface area is 79.6 Å². The van der Waals surface area contributed by atoms with Crippen molar-refractivity contribution in [3.05, 3.63) is 0 Å². The number of carbonyl (C=O) groups excluding carboxylic acids is 1. The van der Waals surface area contributed by atoms with Crippen LogP contribution >= 0.6 is 0 Å². The molecule has 0 aromatic rings. The molecule has 0 aromatic heterocycles. The van der Waals surface area contributed by atoms with Crippen molar-refractivity contribution in [3.8, 4) is 0 Å². The molecule has 0 spiro atoms. The third-order valence-electron chi connectivity index (χ3n) is 1.51. The second kappa shape index (κ2) is 9.48. The topological polar surface area (TPSA) is 47.6 Å². The number of esters is 1. The molecule has 0 aromatic carbocycles. The average molecular weight is 189 g/mol. The molecule has 0 fully saturated rings. The summed E-state index contributed by atoms with van der Waals surface area (Å²) in [5.74, 6) is -0.179. The maximum atomic E-state index is 10.7. The quantitative estimate of drug-likeness (QED) is 0.448. The minimum atomic E-state index is -0.179. The SMILES string of the molecule is CCCOCCNCCC(=O)OC. The van der Waals surface area contributed by atoms with Crippen LogP contribution in [-0.2, 0) is 14.3 Å². The van der Waals surface area contributed by atoms with Gasteiger partial charge in [-0.1, -0.05) is 6.92 Å². The van der Waals surface area contributed by atoms with Crippen LogP contribution in [-0.4, -0.2) is 39.4 Å². The molecule has 0 bridgehead atoms. The van der Waals surface area contributed by atoms with E-state index in [2.05, 4.69) is 17.0 Å². The van der Waals surface area contributed by atoms with E-state index < -0.39 is 0 Å². The van der Waals surface area contributed by atoms with Gasteiger partial charge in [-0.15, -0.1) is 0 Å². The molecule has 0 unspecified atom stereocenters. The van der Waals surface area contributed by atoms with Crippen molar-refractivity contribution in [2.75, 3.05) is 33.4 Å². The van der Waals surface area contributed by atoms with Crippen LogP contribution < -0.4 is 5.32 Å². The summed E-state index contributed by atoms with van der Waals surface area (Å²) in [6.07, 6.45) is 1.46. The molecule has 1 N–H and O–H groups in total. The van der Waals surface area contributed by atoms with Gasteiger partial charge in [0.2, 0.25) is 0 Å². The van der Waals surface area contributed by atoms with Gasteiger partial charge in [-0.3, -0.25) is 4.79 Å². The van der Waals surface area contributed by atoms with Gasteiger partial charge in [0.25, 0.3) is 0 Å². The van der Waals surface area contributed by atoms with Gasteiger partial charge in [0.15, 0.2) is 0 Å². The van der Waals surface area contributed by atoms with Crippen molar-refractivity contribution in [1.29, 1.82) is 0 Å². The van der Waals surface area contributed by atoms with Crippen LogP contribution in [0.4, 0.5) is 0 Å². The zero-order chi connectivity index (χ0) is 9.94. The van der Waals surface area contributed by atoms with Gasteiger partial charge in [0.05, 0.1) is 20.1 Å². The van der Waals surface area contributed by atoms with Gasteiger partial charge < -0.3 is 14.8 Å². The smallest absolute Gasteiger partial charge is 0.306 e. The van der Waals surface area contributed by atoms with Crippen molar-refractivity contribution >= 4 is 5.97 Å². The standard InChI is InChI=1S/C9H19NO3/c1-3-7-13-8-6-10-5-4-9(11)12-2/h10H,3-8H2,1-2H3. The molecular formula is C9H19NO3. The van der Waals surface area contributed by atoms with E-state index in [4.69, 9.17) is 4.74 Å². The number of carbonyl (C=O) groups is 1. The molecule has 13 heavy (non-hydrogen) atoms. The number of ether oxygens (including phenoxy) is 2. The van der Waals surface area contributed by atoms with E-state index >= 15 is 0 Å². The Hall–Kier alpha value is -0.610. The van der Waals surface area contributed by atoms with Gasteiger partial charge in [-0.05, 0) is 6.42 Å². The second-order valence-corrected chi connectivity index (χ2v) is 2.69. The summed E-state index contributed by atoms with van der Waals surface area (Å²) in [5.41, 5.74) is 0. The fourth-order valence-electron chi connectivity index (χ4n) is 0.808. The van der Waals surface area contributed by atoms with Crippen molar-refractivity contribution in [2.45, 2.75) is 19.8 Å². The maximum absolute atomic E-state index is 10.7. The number of hydrogen-bond donors (Lipinski definition) is 1. The van der Waals surface area contributed by atoms with Crippen LogP contribution in [0.2, 0.25) is 0 Å². The molecule has 78 valence electrons. The second-order valence-electron chi connectivity index (χ2n) is 2.69. The Morgan fingerprint density at radius 1 is 1.31 bits per heavy atom. The summed E-state index contributed by atoms with van der Waals surface area (Å²) in [5, 5.41) is 3.08. The predicted molar refractivity (Wildman–Crippen MR) is 50.6 cm³/mol. The minimum absolute atomic E-state index is 0.179. The highest BCUT2D eigenvalue weighted by atomic mass is 16.5. The molecule has 0 atom stereocenters. The van der Waals surface area contributed by atoms with Crippen LogP contribution in [0.25, 0.3) is 0 Å². The normalized spacial score (nSPS) is 10.0. The molecule has 0 aliphatic carbocycles. The fraction of sp³-hybridized carbons (Fsp3) is 0.889. The lowest BCUT2D eigenvalue weighted by molar-refractivity contribution is -0.140. The molecule has 0 radical (unpaired) electrons. The maximum Gasteiger partial charge on any atom is 0.306 e. The van der Waals surface area contributed by atoms with E-state index in [1.165, 1.54) is 7.11 Å². The van der Waals surface area contributed by atoms with Gasteiger partial charge in [0, 0.05) is 19.7 Å². The summed E-state index contributed by atoms with van der Waals surface area (Å²) >= 11 is 0. The van der Waals surface area contributed by atoms with E-state index in [-0.39, 0.29) is 5.97 Å². The van der Waals surface area contributed by atoms with Crippen molar-refractivity contribution in [1.82, 2.24) is 5.32 Å². The first-order valence-electron chi connectivity index (χ1n) is 4.66. The Balaban J connectivity index is 2.95. The van der Waals surface area contributed by atoms with E-state index in [9.17, 15) is 4.79 Å². The fourth-order valence-corrected chi connectivity index (χ4v) is 0.808. The lowest BCUT2D eigenvalue weighted by Gasteiger charge is -2.04. The Morgan fingerprint density at radius 3 is 2.69 bits per heavy atom. The predicted octanol–water partition coefficient (Wildman–Crippen LogP) is 0.566. The molecule has 4 nitrogen and oxygen atoms in total. The van der Waals surface area contributed by atoms with Crippen LogP contribution in [0.15, 0.2) is 0 Å². The summed E-state index contributed by atoms with van der Waals surface area (Å²) in [6, 6.07) is 0. The average Bonchev–Trinajstić information content (AvgIpc) is 2.16. The highest BCUT2D eigenvalue weighted by Gasteiger charge is 1.97. The molecule has 0 heterocycles. The third-order valence-corrected chi connectivity index (χ3v) is 1.51. The lowest BCUT2D eigenvalue weighted by atomic mass is 10.4. The van der Waals surface area contributed by atoms with Crippen molar-refractivity contribution in [2.24, 2.45) is 0 Å². The number of rotatable bonds is 8. The molecule has 0 amide bonds. The first-order chi connectivity index (χ1) is 6.31. The molecule has 0 aliphatic heterocycles. The molecule has 0 rings (SSSR count). The van der Waals surface area contributed by atoms with Crippen LogP contribution in [0.3, 0.4) is 0 Å². The number of nitrogens with one attached hydrogen (secondary N) is 1. The summed E-state index contributed by atoms with van der Waals surface area (Å²) in [6.45, 7) is 5.03. The van der Waals surface area contributed by atoms with Gasteiger partial charge in [0.1, 0.15) is 0 Å². The Kier molecular flexibility index (Phi) is 9.03. The largest absolute Gasteiger partial charge is 0.469 e. The van der Waals surface area contributed by atoms with Crippen LogP contribution in [0, 0.1) is 0 Å². The zero-order valence-electron chi connectivity index (χ0n) is 8.47. The van der Waals surface area contributed by atoms with Crippen LogP contribution in [0.1, 0.15) is 19.8 Å². The zero-order valence-corrected chi connectivity index (χ0v) is 8.47. The molecule has 0 saturated heterocycles. The summed E-state index contributed by atoms with van der Waals surface area (Å²) in [7, 11) is 1.40. The summed E-state index contributed by atoms with van der Waals surface area (Å²) in [4.78, 5) is 10.7. The monoisotopic (exact) mass is 189 g/mol. The number of methoxy groups -OCH3 is 1. The van der Waals surface area contributed by atoms with Crippen molar-refractivity contribution in [3.63, 3.8) is 0 Å². The molecule has 0 saturated carbocycles. The molecule has 4 heteroatoms. The highest BCUT2D eigenvalue weighted by molar-refractivity contribution is 5.69. The van der Waals surface area contributed by atoms with E-state index in [0.29, 0.717) is 19.6 Å². The van der Waals surface area contributed by atoms with Gasteiger partial charge in [-0.2, -0.15) is 0 Å². The van der Waals surface area contributed by atoms with Gasteiger partial charge in [-0.25, -0.2) is 0 Å². The summed E-state index contributed by atoms with van der Waals surface area (Å²) < 4.78 is 9.72.